The van der Waals surface area contributed by atoms with Crippen molar-refractivity contribution in [2.45, 2.75) is 90.8 Å². The molecule has 0 heterocycles. The van der Waals surface area contributed by atoms with Crippen LogP contribution in [-0.4, -0.2) is 127 Å². The van der Waals surface area contributed by atoms with Gasteiger partial charge in [-0.15, -0.1) is 0 Å². The molecule has 2 N–H and O–H groups in total. The molecule has 28 heteroatoms. The van der Waals surface area contributed by atoms with Gasteiger partial charge in [0.2, 0.25) is 0 Å². The Balaban J connectivity index is 6.42. The van der Waals surface area contributed by atoms with E-state index in [2.05, 4.69) is 0 Å². The van der Waals surface area contributed by atoms with Crippen LogP contribution in [0.1, 0.15) is 19.3 Å². The van der Waals surface area contributed by atoms with Crippen LogP contribution in [0, 0.1) is 0 Å². The SMILES string of the molecule is C[N+](C)(CCCNCC(O)CC(F)(F)C(F)(F)C(F)(F)C(F)(F)C(F)(F)C(F)(F)C(F)(F)C(F)(F)C(F)(C(F)(F)F)C(F)(F)F)CCC(=O)[O-]. The number of aliphatic carboxylic acids is 1. The van der Waals surface area contributed by atoms with Gasteiger partial charge in [-0.05, 0) is 0 Å². The number of carboxylic acids is 1. The molecule has 0 aromatic heterocycles. The Hall–Kier alpha value is -2.26. The Labute approximate surface area is 263 Å². The van der Waals surface area contributed by atoms with E-state index in [4.69, 9.17) is 0 Å². The van der Waals surface area contributed by atoms with E-state index in [0.29, 0.717) is 0 Å². The van der Waals surface area contributed by atoms with Gasteiger partial charge in [0.1, 0.15) is 0 Å². The summed E-state index contributed by atoms with van der Waals surface area (Å²) >= 11 is 0. The summed E-state index contributed by atoms with van der Waals surface area (Å²) in [5.74, 6) is -72.7. The van der Waals surface area contributed by atoms with E-state index >= 15 is 0 Å². The minimum absolute atomic E-state index is 0.0338. The number of hydrogen-bond acceptors (Lipinski definition) is 4. The van der Waals surface area contributed by atoms with Crippen LogP contribution in [0.3, 0.4) is 0 Å². The predicted octanol–water partition coefficient (Wildman–Crippen LogP) is 5.85. The number of carbonyl (C=O) groups is 1. The zero-order valence-electron chi connectivity index (χ0n) is 24.4. The summed E-state index contributed by atoms with van der Waals surface area (Å²) in [7, 11) is 2.92. The molecule has 0 bridgehead atoms. The number of aliphatic hydroxyl groups excluding tert-OH is 1. The molecule has 1 unspecified atom stereocenters. The van der Waals surface area contributed by atoms with Gasteiger partial charge in [0.25, 0.3) is 0 Å². The van der Waals surface area contributed by atoms with Crippen LogP contribution in [0.4, 0.5) is 101 Å². The van der Waals surface area contributed by atoms with E-state index in [0.717, 1.165) is 0 Å². The fraction of sp³-hybridized carbons (Fsp3) is 0.955. The number of rotatable bonds is 19. The van der Waals surface area contributed by atoms with Gasteiger partial charge in [0, 0.05) is 38.3 Å². The van der Waals surface area contributed by atoms with E-state index in [1.54, 1.807) is 0 Å². The highest BCUT2D eigenvalue weighted by Gasteiger charge is 3.00. The first-order valence-corrected chi connectivity index (χ1v) is 12.8. The first-order chi connectivity index (χ1) is 21.5. The fourth-order valence-electron chi connectivity index (χ4n) is 3.85. The number of alkyl halides is 23. The van der Waals surface area contributed by atoms with E-state index in [1.165, 1.54) is 14.1 Å². The second-order valence-electron chi connectivity index (χ2n) is 11.3. The number of aliphatic hydroxyl groups is 1. The number of halogens is 23. The monoisotopic (exact) mass is 800 g/mol. The number of hydrogen-bond donors (Lipinski definition) is 2. The maximum Gasteiger partial charge on any atom is 0.438 e. The largest absolute Gasteiger partial charge is 0.550 e. The molecule has 0 aliphatic heterocycles. The second-order valence-corrected chi connectivity index (χ2v) is 11.3. The standard InChI is InChI=1S/C22H23F23N2O3/c1-47(2,7-4-11(49)50)6-3-5-46-9-10(48)8-12(23,24)14(26,27)16(30,31)18(34,35)20(38,39)19(36,37)17(32,33)15(28,29)13(25,21(40,41)42)22(43,44)45/h10,46,48H,3-9H2,1-2H3. The number of carboxylic acid groups (broad SMARTS) is 1. The summed E-state index contributed by atoms with van der Waals surface area (Å²) in [6.07, 6.45) is -23.9. The van der Waals surface area contributed by atoms with E-state index in [9.17, 15) is 116 Å². The first-order valence-electron chi connectivity index (χ1n) is 12.8. The summed E-state index contributed by atoms with van der Waals surface area (Å²) in [4.78, 5) is 10.5. The van der Waals surface area contributed by atoms with E-state index in [-0.39, 0.29) is 30.5 Å². The highest BCUT2D eigenvalue weighted by molar-refractivity contribution is 5.64. The van der Waals surface area contributed by atoms with Crippen molar-refractivity contribution in [1.29, 1.82) is 0 Å². The smallest absolute Gasteiger partial charge is 0.438 e. The number of carbonyl (C=O) groups excluding carboxylic acids is 1. The van der Waals surface area contributed by atoms with Crippen molar-refractivity contribution in [3.05, 3.63) is 0 Å². The highest BCUT2D eigenvalue weighted by Crippen LogP contribution is 2.68. The molecule has 0 aliphatic rings. The number of nitrogens with zero attached hydrogens (tertiary/aromatic N) is 1. The summed E-state index contributed by atoms with van der Waals surface area (Å²) in [6.45, 7) is -1.72. The first kappa shape index (κ1) is 47.7. The predicted molar refractivity (Wildman–Crippen MR) is 115 cm³/mol. The molecule has 0 aromatic rings. The third kappa shape index (κ3) is 7.89. The molecule has 0 saturated carbocycles. The van der Waals surface area contributed by atoms with Gasteiger partial charge in [-0.25, -0.2) is 4.39 Å². The summed E-state index contributed by atoms with van der Waals surface area (Å²) < 4.78 is 311. The van der Waals surface area contributed by atoms with Gasteiger partial charge in [0.05, 0.1) is 33.3 Å². The lowest BCUT2D eigenvalue weighted by atomic mass is 9.82. The molecular formula is C22H23F23N2O3. The lowest BCUT2D eigenvalue weighted by Crippen LogP contribution is -2.79. The third-order valence-electron chi connectivity index (χ3n) is 6.95. The number of quaternary nitrogens is 1. The van der Waals surface area contributed by atoms with Crippen LogP contribution < -0.4 is 10.4 Å². The third-order valence-corrected chi connectivity index (χ3v) is 6.95. The average molecular weight is 800 g/mol. The van der Waals surface area contributed by atoms with E-state index < -0.39 is 96.9 Å². The van der Waals surface area contributed by atoms with Crippen molar-refractivity contribution in [2.24, 2.45) is 0 Å². The highest BCUT2D eigenvalue weighted by atomic mass is 19.4. The zero-order chi connectivity index (χ0) is 40.8. The van der Waals surface area contributed by atoms with Gasteiger partial charge in [-0.2, -0.15) is 96.6 Å². The lowest BCUT2D eigenvalue weighted by Gasteiger charge is -2.46. The molecular weight excluding hydrogens is 777 g/mol. The van der Waals surface area contributed by atoms with Crippen molar-refractivity contribution in [1.82, 2.24) is 5.32 Å². The molecule has 50 heavy (non-hydrogen) atoms. The fourth-order valence-corrected chi connectivity index (χ4v) is 3.85. The Bertz CT molecular complexity index is 1150. The average Bonchev–Trinajstić information content (AvgIpc) is 2.88. The van der Waals surface area contributed by atoms with Gasteiger partial charge in [0.15, 0.2) is 0 Å². The van der Waals surface area contributed by atoms with Crippen LogP contribution in [0.5, 0.6) is 0 Å². The maximum atomic E-state index is 14.1. The molecule has 0 rings (SSSR count). The summed E-state index contributed by atoms with van der Waals surface area (Å²) in [6, 6.07) is 0. The van der Waals surface area contributed by atoms with Crippen LogP contribution in [-0.2, 0) is 4.79 Å². The van der Waals surface area contributed by atoms with Crippen LogP contribution in [0.2, 0.25) is 0 Å². The molecule has 0 amide bonds. The molecule has 300 valence electrons. The Kier molecular flexibility index (Phi) is 13.3. The van der Waals surface area contributed by atoms with Crippen LogP contribution >= 0.6 is 0 Å². The maximum absolute atomic E-state index is 14.1. The Morgan fingerprint density at radius 1 is 0.600 bits per heavy atom. The van der Waals surface area contributed by atoms with Crippen LogP contribution in [0.25, 0.3) is 0 Å². The molecule has 0 fully saturated rings. The van der Waals surface area contributed by atoms with Gasteiger partial charge in [-0.3, -0.25) is 0 Å². The van der Waals surface area contributed by atoms with Crippen molar-refractivity contribution in [3.63, 3.8) is 0 Å². The molecule has 0 radical (unpaired) electrons. The van der Waals surface area contributed by atoms with E-state index in [1.807, 2.05) is 5.32 Å². The van der Waals surface area contributed by atoms with Crippen molar-refractivity contribution < 1.29 is 120 Å². The van der Waals surface area contributed by atoms with Crippen LogP contribution in [0.15, 0.2) is 0 Å². The Morgan fingerprint density at radius 3 is 1.28 bits per heavy atom. The van der Waals surface area contributed by atoms with Gasteiger partial charge < -0.3 is 24.8 Å². The summed E-state index contributed by atoms with van der Waals surface area (Å²) in [5, 5.41) is 22.0. The zero-order valence-corrected chi connectivity index (χ0v) is 24.4. The summed E-state index contributed by atoms with van der Waals surface area (Å²) in [5.41, 5.74) is -9.07. The lowest BCUT2D eigenvalue weighted by molar-refractivity contribution is -0.890. The Morgan fingerprint density at radius 2 is 0.940 bits per heavy atom. The van der Waals surface area contributed by atoms with Gasteiger partial charge in [-0.1, -0.05) is 0 Å². The molecule has 1 atom stereocenters. The minimum Gasteiger partial charge on any atom is -0.550 e. The van der Waals surface area contributed by atoms with Crippen molar-refractivity contribution >= 4 is 5.97 Å². The molecule has 0 aliphatic carbocycles. The quantitative estimate of drug-likeness (QED) is 0.0979. The molecule has 5 nitrogen and oxygen atoms in total. The molecule has 0 spiro atoms. The second kappa shape index (κ2) is 13.9. The minimum atomic E-state index is -9.53. The van der Waals surface area contributed by atoms with Crippen molar-refractivity contribution in [2.75, 3.05) is 40.3 Å². The number of nitrogens with one attached hydrogen (secondary N) is 1. The normalized spacial score (nSPS) is 16.5. The molecule has 0 saturated heterocycles. The van der Waals surface area contributed by atoms with Gasteiger partial charge >= 0.3 is 65.4 Å². The topological polar surface area (TPSA) is 72.4 Å². The van der Waals surface area contributed by atoms with Crippen molar-refractivity contribution in [3.8, 4) is 0 Å². The molecule has 0 aromatic carbocycles.